The van der Waals surface area contributed by atoms with Crippen molar-refractivity contribution < 1.29 is 0 Å². The summed E-state index contributed by atoms with van der Waals surface area (Å²) in [7, 11) is 0. The Morgan fingerprint density at radius 1 is 1.21 bits per heavy atom. The number of nitrogens with zero attached hydrogens (tertiary/aromatic N) is 2. The molecule has 3 N–H and O–H groups in total. The maximum atomic E-state index is 5.58. The number of hydrogen-bond acceptors (Lipinski definition) is 3. The molecule has 14 heavy (non-hydrogen) atoms. The molecule has 0 aliphatic heterocycles. The number of fused-ring (bicyclic) bond motifs is 1. The average Bonchev–Trinajstić information content (AvgIpc) is 2.45. The fourth-order valence-electron chi connectivity index (χ4n) is 1.26. The van der Waals surface area contributed by atoms with Crippen LogP contribution in [0.3, 0.4) is 0 Å². The lowest BCUT2D eigenvalue weighted by molar-refractivity contribution is 0.554. The molecule has 0 aliphatic carbocycles. The van der Waals surface area contributed by atoms with E-state index in [0.717, 1.165) is 11.3 Å². The number of hydrogen-bond donors (Lipinski definition) is 2. The number of aromatic amines is 1. The molecule has 0 bridgehead atoms. The minimum Gasteiger partial charge on any atom is -0.384 e. The van der Waals surface area contributed by atoms with Crippen LogP contribution < -0.4 is 5.73 Å². The van der Waals surface area contributed by atoms with Crippen LogP contribution in [0.25, 0.3) is 11.2 Å². The summed E-state index contributed by atoms with van der Waals surface area (Å²) in [5.41, 5.74) is 7.21. The first-order valence-electron chi connectivity index (χ1n) is 4.59. The summed E-state index contributed by atoms with van der Waals surface area (Å²) in [6.45, 7) is 6.32. The highest BCUT2D eigenvalue weighted by molar-refractivity contribution is 5.72. The lowest BCUT2D eigenvalue weighted by atomic mass is 9.96. The minimum absolute atomic E-state index is 0.00939. The van der Waals surface area contributed by atoms with Crippen molar-refractivity contribution in [2.75, 3.05) is 5.73 Å². The summed E-state index contributed by atoms with van der Waals surface area (Å²) in [5, 5.41) is 0. The van der Waals surface area contributed by atoms with Crippen molar-refractivity contribution in [2.45, 2.75) is 26.2 Å². The lowest BCUT2D eigenvalue weighted by Gasteiger charge is -2.13. The first-order valence-corrected chi connectivity index (χ1v) is 4.59. The van der Waals surface area contributed by atoms with Crippen LogP contribution >= 0.6 is 0 Å². The molecule has 0 atom stereocenters. The van der Waals surface area contributed by atoms with Gasteiger partial charge in [-0.1, -0.05) is 20.8 Å². The Morgan fingerprint density at radius 2 is 1.93 bits per heavy atom. The van der Waals surface area contributed by atoms with Gasteiger partial charge in [0.05, 0.1) is 5.52 Å². The number of nitrogens with two attached hydrogens (primary N) is 1. The van der Waals surface area contributed by atoms with E-state index in [1.165, 1.54) is 0 Å². The Hall–Kier alpha value is -1.58. The van der Waals surface area contributed by atoms with E-state index in [0.29, 0.717) is 11.5 Å². The number of pyridine rings is 1. The van der Waals surface area contributed by atoms with Gasteiger partial charge in [0, 0.05) is 5.41 Å². The van der Waals surface area contributed by atoms with Crippen LogP contribution in [0.15, 0.2) is 12.1 Å². The second kappa shape index (κ2) is 2.70. The Bertz CT molecular complexity index is 464. The number of rotatable bonds is 0. The van der Waals surface area contributed by atoms with E-state index in [2.05, 4.69) is 35.7 Å². The normalized spacial score (nSPS) is 12.2. The van der Waals surface area contributed by atoms with E-state index < -0.39 is 0 Å². The fourth-order valence-corrected chi connectivity index (χ4v) is 1.26. The van der Waals surface area contributed by atoms with Gasteiger partial charge in [-0.2, -0.15) is 0 Å². The van der Waals surface area contributed by atoms with E-state index >= 15 is 0 Å². The van der Waals surface area contributed by atoms with Crippen molar-refractivity contribution in [3.63, 3.8) is 0 Å². The first-order chi connectivity index (χ1) is 6.47. The van der Waals surface area contributed by atoms with E-state index in [-0.39, 0.29) is 5.41 Å². The summed E-state index contributed by atoms with van der Waals surface area (Å²) in [6.07, 6.45) is 0. The molecular weight excluding hydrogens is 176 g/mol. The van der Waals surface area contributed by atoms with Gasteiger partial charge in [0.1, 0.15) is 11.6 Å². The highest BCUT2D eigenvalue weighted by atomic mass is 15.0. The summed E-state index contributed by atoms with van der Waals surface area (Å²) in [6, 6.07) is 3.67. The molecule has 0 aromatic carbocycles. The van der Waals surface area contributed by atoms with Crippen LogP contribution in [-0.2, 0) is 5.41 Å². The molecule has 2 heterocycles. The van der Waals surface area contributed by atoms with Gasteiger partial charge in [-0.3, -0.25) is 0 Å². The maximum absolute atomic E-state index is 5.58. The van der Waals surface area contributed by atoms with E-state index in [1.54, 1.807) is 6.07 Å². The molecule has 0 spiro atoms. The standard InChI is InChI=1S/C10H14N4/c1-10(2,3)9-12-6-4-5-7(11)13-8(6)14-9/h4-5H,1-3H3,(H3,11,12,13,14). The molecule has 0 aliphatic rings. The molecule has 4 nitrogen and oxygen atoms in total. The molecule has 0 amide bonds. The van der Waals surface area contributed by atoms with Gasteiger partial charge in [-0.05, 0) is 12.1 Å². The van der Waals surface area contributed by atoms with Crippen LogP contribution in [-0.4, -0.2) is 15.0 Å². The van der Waals surface area contributed by atoms with Crippen molar-refractivity contribution in [2.24, 2.45) is 0 Å². The van der Waals surface area contributed by atoms with Gasteiger partial charge in [-0.15, -0.1) is 0 Å². The van der Waals surface area contributed by atoms with Crippen LogP contribution in [0.2, 0.25) is 0 Å². The van der Waals surface area contributed by atoms with Gasteiger partial charge in [0.15, 0.2) is 5.65 Å². The predicted octanol–water partition coefficient (Wildman–Crippen LogP) is 1.84. The highest BCUT2D eigenvalue weighted by Gasteiger charge is 2.18. The topological polar surface area (TPSA) is 67.6 Å². The molecule has 0 fully saturated rings. The summed E-state index contributed by atoms with van der Waals surface area (Å²) >= 11 is 0. The molecule has 2 aromatic rings. The molecule has 0 radical (unpaired) electrons. The minimum atomic E-state index is 0.00939. The second-order valence-electron chi connectivity index (χ2n) is 4.44. The Kier molecular flexibility index (Phi) is 1.74. The van der Waals surface area contributed by atoms with E-state index in [9.17, 15) is 0 Å². The molecular formula is C10H14N4. The van der Waals surface area contributed by atoms with Gasteiger partial charge < -0.3 is 10.7 Å². The Morgan fingerprint density at radius 3 is 2.57 bits per heavy atom. The largest absolute Gasteiger partial charge is 0.384 e. The summed E-state index contributed by atoms with van der Waals surface area (Å²) < 4.78 is 0. The fraction of sp³-hybridized carbons (Fsp3) is 0.400. The van der Waals surface area contributed by atoms with Crippen molar-refractivity contribution >= 4 is 17.0 Å². The zero-order valence-corrected chi connectivity index (χ0v) is 8.63. The van der Waals surface area contributed by atoms with Crippen molar-refractivity contribution in [3.05, 3.63) is 18.0 Å². The van der Waals surface area contributed by atoms with Gasteiger partial charge in [-0.25, -0.2) is 9.97 Å². The van der Waals surface area contributed by atoms with E-state index in [1.807, 2.05) is 6.07 Å². The third-order valence-corrected chi connectivity index (χ3v) is 2.08. The zero-order valence-electron chi connectivity index (χ0n) is 8.63. The van der Waals surface area contributed by atoms with Crippen LogP contribution in [0, 0.1) is 0 Å². The van der Waals surface area contributed by atoms with Crippen molar-refractivity contribution in [3.8, 4) is 0 Å². The third-order valence-electron chi connectivity index (χ3n) is 2.08. The molecule has 0 saturated carbocycles. The number of H-pyrrole nitrogens is 1. The van der Waals surface area contributed by atoms with Gasteiger partial charge in [0.25, 0.3) is 0 Å². The molecule has 2 aromatic heterocycles. The number of imidazole rings is 1. The van der Waals surface area contributed by atoms with Crippen molar-refractivity contribution in [1.29, 1.82) is 0 Å². The van der Waals surface area contributed by atoms with Crippen LogP contribution in [0.4, 0.5) is 5.82 Å². The average molecular weight is 190 g/mol. The Labute approximate surface area is 82.6 Å². The SMILES string of the molecule is CC(C)(C)c1nc2nc(N)ccc2[nH]1. The number of nitrogens with one attached hydrogen (secondary N) is 1. The number of aromatic nitrogens is 3. The number of nitrogen functional groups attached to an aromatic ring is 1. The highest BCUT2D eigenvalue weighted by Crippen LogP contribution is 2.21. The first kappa shape index (κ1) is 8.99. The molecule has 0 unspecified atom stereocenters. The van der Waals surface area contributed by atoms with Crippen LogP contribution in [0.5, 0.6) is 0 Å². The second-order valence-corrected chi connectivity index (χ2v) is 4.44. The zero-order chi connectivity index (χ0) is 10.3. The van der Waals surface area contributed by atoms with Crippen molar-refractivity contribution in [1.82, 2.24) is 15.0 Å². The molecule has 2 rings (SSSR count). The smallest absolute Gasteiger partial charge is 0.179 e. The number of anilines is 1. The lowest BCUT2D eigenvalue weighted by Crippen LogP contribution is -2.13. The van der Waals surface area contributed by atoms with Gasteiger partial charge in [0.2, 0.25) is 0 Å². The quantitative estimate of drug-likeness (QED) is 0.666. The molecule has 4 heteroatoms. The Balaban J connectivity index is 2.63. The molecule has 74 valence electrons. The maximum Gasteiger partial charge on any atom is 0.179 e. The van der Waals surface area contributed by atoms with Gasteiger partial charge >= 0.3 is 0 Å². The molecule has 0 saturated heterocycles. The summed E-state index contributed by atoms with van der Waals surface area (Å²) in [4.78, 5) is 11.8. The predicted molar refractivity (Wildman–Crippen MR) is 57.0 cm³/mol. The summed E-state index contributed by atoms with van der Waals surface area (Å²) in [5.74, 6) is 1.44. The monoisotopic (exact) mass is 190 g/mol. The van der Waals surface area contributed by atoms with Crippen LogP contribution in [0.1, 0.15) is 26.6 Å². The third kappa shape index (κ3) is 1.43. The van der Waals surface area contributed by atoms with E-state index in [4.69, 9.17) is 5.73 Å².